The highest BCUT2D eigenvalue weighted by Crippen LogP contribution is 2.26. The minimum Gasteiger partial charge on any atom is -0.429 e. The van der Waals surface area contributed by atoms with Crippen molar-refractivity contribution in [3.63, 3.8) is 0 Å². The van der Waals surface area contributed by atoms with Gasteiger partial charge in [0.25, 0.3) is 0 Å². The third-order valence-corrected chi connectivity index (χ3v) is 4.82. The fourth-order valence-corrected chi connectivity index (χ4v) is 3.09. The van der Waals surface area contributed by atoms with Gasteiger partial charge in [-0.25, -0.2) is 4.79 Å². The van der Waals surface area contributed by atoms with E-state index in [1.807, 2.05) is 0 Å². The molecular formula is C18H24O11. The Morgan fingerprint density at radius 1 is 0.828 bits per heavy atom. The second-order valence-corrected chi connectivity index (χ2v) is 6.83. The Balaban J connectivity index is 1.61. The van der Waals surface area contributed by atoms with Gasteiger partial charge in [-0.2, -0.15) is 0 Å². The molecule has 11 nitrogen and oxygen atoms in total. The molecule has 0 amide bonds. The van der Waals surface area contributed by atoms with Crippen LogP contribution in [-0.4, -0.2) is 105 Å². The number of rotatable bonds is 6. The molecule has 0 saturated carbocycles. The Morgan fingerprint density at radius 3 is 2.03 bits per heavy atom. The molecule has 2 aliphatic heterocycles. The van der Waals surface area contributed by atoms with E-state index in [1.165, 1.54) is 12.1 Å². The fourth-order valence-electron chi connectivity index (χ4n) is 3.09. The third kappa shape index (κ3) is 4.74. The Morgan fingerprint density at radius 2 is 1.41 bits per heavy atom. The predicted octanol–water partition coefficient (Wildman–Crippen LogP) is -2.89. The maximum Gasteiger partial charge on any atom is 0.340 e. The van der Waals surface area contributed by atoms with Gasteiger partial charge in [0, 0.05) is 0 Å². The highest BCUT2D eigenvalue weighted by atomic mass is 16.7. The molecule has 29 heavy (non-hydrogen) atoms. The monoisotopic (exact) mass is 416 g/mol. The molecule has 1 aromatic carbocycles. The van der Waals surface area contributed by atoms with Gasteiger partial charge in [0.15, 0.2) is 6.29 Å². The van der Waals surface area contributed by atoms with Crippen LogP contribution in [0.1, 0.15) is 10.4 Å². The lowest BCUT2D eigenvalue weighted by atomic mass is 9.99. The molecule has 2 heterocycles. The molecule has 1 aromatic rings. The Bertz CT molecular complexity index is 671. The van der Waals surface area contributed by atoms with Crippen LogP contribution in [0.2, 0.25) is 0 Å². The van der Waals surface area contributed by atoms with E-state index < -0.39 is 74.5 Å². The largest absolute Gasteiger partial charge is 0.429 e. The molecule has 0 radical (unpaired) electrons. The van der Waals surface area contributed by atoms with Crippen LogP contribution >= 0.6 is 0 Å². The zero-order valence-electron chi connectivity index (χ0n) is 15.2. The molecule has 0 bridgehead atoms. The van der Waals surface area contributed by atoms with Crippen molar-refractivity contribution in [1.82, 2.24) is 0 Å². The molecule has 162 valence electrons. The van der Waals surface area contributed by atoms with Crippen LogP contribution < -0.4 is 0 Å². The first kappa shape index (κ1) is 22.0. The Hall–Kier alpha value is -1.67. The number of hydrogen-bond donors (Lipinski definition) is 6. The van der Waals surface area contributed by atoms with E-state index in [4.69, 9.17) is 24.1 Å². The van der Waals surface area contributed by atoms with Crippen molar-refractivity contribution >= 4 is 5.97 Å². The minimum absolute atomic E-state index is 0.197. The zero-order valence-corrected chi connectivity index (χ0v) is 15.2. The molecule has 0 aromatic heterocycles. The van der Waals surface area contributed by atoms with Crippen molar-refractivity contribution in [2.45, 2.75) is 55.3 Å². The maximum atomic E-state index is 12.2. The number of carbonyl (C=O) groups excluding carboxylic acids is 1. The normalized spacial score (nSPS) is 40.0. The van der Waals surface area contributed by atoms with E-state index in [0.29, 0.717) is 0 Å². The molecule has 0 aliphatic carbocycles. The van der Waals surface area contributed by atoms with Gasteiger partial charge in [-0.05, 0) is 12.1 Å². The predicted molar refractivity (Wildman–Crippen MR) is 92.3 cm³/mol. The van der Waals surface area contributed by atoms with Crippen LogP contribution in [-0.2, 0) is 18.9 Å². The van der Waals surface area contributed by atoms with Gasteiger partial charge in [0.1, 0.15) is 42.7 Å². The van der Waals surface area contributed by atoms with Gasteiger partial charge in [-0.3, -0.25) is 0 Å². The Kier molecular flexibility index (Phi) is 7.16. The average molecular weight is 416 g/mol. The quantitative estimate of drug-likeness (QED) is 0.263. The van der Waals surface area contributed by atoms with Crippen molar-refractivity contribution in [3.05, 3.63) is 35.9 Å². The summed E-state index contributed by atoms with van der Waals surface area (Å²) in [6, 6.07) is 7.92. The molecule has 3 rings (SSSR count). The molecule has 0 unspecified atom stereocenters. The molecule has 2 fully saturated rings. The lowest BCUT2D eigenvalue weighted by molar-refractivity contribution is -0.296. The van der Waals surface area contributed by atoms with E-state index in [0.717, 1.165) is 0 Å². The van der Waals surface area contributed by atoms with Gasteiger partial charge in [0.05, 0.1) is 18.8 Å². The van der Waals surface area contributed by atoms with Gasteiger partial charge < -0.3 is 49.6 Å². The molecular weight excluding hydrogens is 392 g/mol. The van der Waals surface area contributed by atoms with Crippen molar-refractivity contribution in [2.75, 3.05) is 13.2 Å². The highest BCUT2D eigenvalue weighted by Gasteiger charge is 2.48. The Labute approximate surface area is 165 Å². The van der Waals surface area contributed by atoms with E-state index >= 15 is 0 Å². The maximum absolute atomic E-state index is 12.2. The standard InChI is InChI=1S/C18H24O11/c19-6-9-11(20)14(23)17(27-9)26-7-10-12(21)13(22)15(24)18(28-10)29-16(25)8-4-2-1-3-5-8/h1-5,9-15,17-24H,6-7H2/t9-,10+,11-,12+,13-,14+,15+,17+,18-/m0/s1. The summed E-state index contributed by atoms with van der Waals surface area (Å²) in [5.74, 6) is -0.804. The second-order valence-electron chi connectivity index (χ2n) is 6.83. The molecule has 2 aliphatic rings. The van der Waals surface area contributed by atoms with Crippen LogP contribution in [0.3, 0.4) is 0 Å². The number of aliphatic hydroxyl groups excluding tert-OH is 6. The number of benzene rings is 1. The minimum atomic E-state index is -1.71. The lowest BCUT2D eigenvalue weighted by Gasteiger charge is -2.40. The molecule has 2 saturated heterocycles. The number of hydrogen-bond acceptors (Lipinski definition) is 11. The first-order valence-electron chi connectivity index (χ1n) is 9.03. The van der Waals surface area contributed by atoms with Crippen LogP contribution in [0.25, 0.3) is 0 Å². The fraction of sp³-hybridized carbons (Fsp3) is 0.611. The van der Waals surface area contributed by atoms with Crippen LogP contribution in [0.15, 0.2) is 30.3 Å². The van der Waals surface area contributed by atoms with E-state index in [9.17, 15) is 30.3 Å². The summed E-state index contributed by atoms with van der Waals surface area (Å²) in [4.78, 5) is 12.2. The van der Waals surface area contributed by atoms with Crippen molar-refractivity contribution in [1.29, 1.82) is 0 Å². The molecule has 11 heteroatoms. The smallest absolute Gasteiger partial charge is 0.340 e. The van der Waals surface area contributed by atoms with Gasteiger partial charge >= 0.3 is 5.97 Å². The summed E-state index contributed by atoms with van der Waals surface area (Å²) in [7, 11) is 0. The van der Waals surface area contributed by atoms with E-state index in [1.54, 1.807) is 18.2 Å². The highest BCUT2D eigenvalue weighted by molar-refractivity contribution is 5.89. The van der Waals surface area contributed by atoms with Crippen molar-refractivity contribution in [3.8, 4) is 0 Å². The summed E-state index contributed by atoms with van der Waals surface area (Å²) in [5.41, 5.74) is 0.197. The van der Waals surface area contributed by atoms with Crippen molar-refractivity contribution < 1.29 is 54.4 Å². The topological polar surface area (TPSA) is 175 Å². The number of ether oxygens (including phenoxy) is 4. The van der Waals surface area contributed by atoms with Gasteiger partial charge in [0.2, 0.25) is 6.29 Å². The average Bonchev–Trinajstić information content (AvgIpc) is 3.01. The summed E-state index contributed by atoms with van der Waals surface area (Å²) in [6.07, 6.45) is -13.0. The zero-order chi connectivity index (χ0) is 21.1. The third-order valence-electron chi connectivity index (χ3n) is 4.82. The van der Waals surface area contributed by atoms with Crippen LogP contribution in [0.5, 0.6) is 0 Å². The first-order valence-corrected chi connectivity index (χ1v) is 9.03. The lowest BCUT2D eigenvalue weighted by Crippen LogP contribution is -2.60. The SMILES string of the molecule is O=C(O[C@@H]1O[C@H](CO[C@@H]2O[C@@H](CO)[C@H](O)[C@H]2O)[C@@H](O)[C@H](O)[C@H]1O)c1ccccc1. The molecule has 6 N–H and O–H groups in total. The number of esters is 1. The summed E-state index contributed by atoms with van der Waals surface area (Å²) in [5, 5.41) is 58.9. The summed E-state index contributed by atoms with van der Waals surface area (Å²) in [6.45, 7) is -0.972. The number of carbonyl (C=O) groups is 1. The van der Waals surface area contributed by atoms with Crippen LogP contribution in [0.4, 0.5) is 0 Å². The summed E-state index contributed by atoms with van der Waals surface area (Å²) < 4.78 is 20.9. The number of aliphatic hydroxyl groups is 6. The van der Waals surface area contributed by atoms with E-state index in [-0.39, 0.29) is 5.56 Å². The van der Waals surface area contributed by atoms with Gasteiger partial charge in [-0.1, -0.05) is 18.2 Å². The van der Waals surface area contributed by atoms with Crippen LogP contribution in [0, 0.1) is 0 Å². The molecule has 9 atom stereocenters. The summed E-state index contributed by atoms with van der Waals surface area (Å²) >= 11 is 0. The molecule has 0 spiro atoms. The van der Waals surface area contributed by atoms with E-state index in [2.05, 4.69) is 0 Å². The van der Waals surface area contributed by atoms with Crippen molar-refractivity contribution in [2.24, 2.45) is 0 Å². The van der Waals surface area contributed by atoms with Gasteiger partial charge in [-0.15, -0.1) is 0 Å². The second kappa shape index (κ2) is 9.43. The first-order chi connectivity index (χ1) is 13.8.